The van der Waals surface area contributed by atoms with Crippen LogP contribution in [0.4, 0.5) is 0 Å². The molecule has 0 aromatic heterocycles. The van der Waals surface area contributed by atoms with E-state index in [0.717, 1.165) is 17.7 Å². The SMILES string of the molecule is CC(O)C(N)C(=O)NC(CC1=CCN(C(=N)N)C1)C(=O)NCCCC(=O)NC(C(=O)O)C(O)c1ccc(O)c(O)c1. The van der Waals surface area contributed by atoms with Crippen LogP contribution in [0.3, 0.4) is 0 Å². The van der Waals surface area contributed by atoms with Gasteiger partial charge in [0.2, 0.25) is 17.7 Å². The Kier molecular flexibility index (Phi) is 11.9. The van der Waals surface area contributed by atoms with Gasteiger partial charge in [-0.2, -0.15) is 0 Å². The number of carbonyl (C=O) groups excluding carboxylic acids is 3. The Balaban J connectivity index is 1.93. The Morgan fingerprint density at radius 2 is 1.78 bits per heavy atom. The molecule has 0 radical (unpaired) electrons. The summed E-state index contributed by atoms with van der Waals surface area (Å²) in [5, 5.41) is 63.3. The molecular weight excluding hydrogens is 542 g/mol. The molecule has 5 atom stereocenters. The molecule has 0 aliphatic carbocycles. The lowest BCUT2D eigenvalue weighted by Crippen LogP contribution is -2.54. The maximum absolute atomic E-state index is 12.9. The number of nitrogens with two attached hydrogens (primary N) is 2. The zero-order chi connectivity index (χ0) is 30.9. The Labute approximate surface area is 235 Å². The molecule has 2 rings (SSSR count). The number of guanidine groups is 1. The first kappa shape index (κ1) is 32.8. The van der Waals surface area contributed by atoms with E-state index in [1.54, 1.807) is 11.0 Å². The molecule has 5 unspecified atom stereocenters. The molecule has 1 aromatic carbocycles. The van der Waals surface area contributed by atoms with Crippen molar-refractivity contribution < 1.29 is 44.7 Å². The molecule has 13 N–H and O–H groups in total. The average Bonchev–Trinajstić information content (AvgIpc) is 3.38. The van der Waals surface area contributed by atoms with Crippen LogP contribution >= 0.6 is 0 Å². The Bertz CT molecular complexity index is 1170. The van der Waals surface area contributed by atoms with Crippen LogP contribution in [0, 0.1) is 5.41 Å². The van der Waals surface area contributed by atoms with Gasteiger partial charge < -0.3 is 57.9 Å². The number of aromatic hydroxyl groups is 2. The number of hydrogen-bond acceptors (Lipinski definition) is 10. The number of aliphatic carboxylic acids is 1. The zero-order valence-corrected chi connectivity index (χ0v) is 22.4. The van der Waals surface area contributed by atoms with Gasteiger partial charge in [0.25, 0.3) is 0 Å². The maximum Gasteiger partial charge on any atom is 0.329 e. The topological polar surface area (TPSA) is 285 Å². The second-order valence-electron chi connectivity index (χ2n) is 9.63. The van der Waals surface area contributed by atoms with Gasteiger partial charge in [0.1, 0.15) is 18.2 Å². The van der Waals surface area contributed by atoms with Gasteiger partial charge >= 0.3 is 5.97 Å². The summed E-state index contributed by atoms with van der Waals surface area (Å²) in [5.74, 6) is -4.80. The standard InChI is InChI=1S/C25H37N7O9/c1-12(33)19(26)23(39)30-15(9-13-6-8-32(11-13)25(27)28)22(38)29-7-2-3-18(36)31-20(24(40)41)21(37)14-4-5-16(34)17(35)10-14/h4-6,10,12,15,19-21,33-35,37H,2-3,7-9,11,26H2,1H3,(H3,27,28)(H,29,38)(H,30,39)(H,31,36)(H,40,41). The molecule has 1 aromatic rings. The van der Waals surface area contributed by atoms with Crippen molar-refractivity contribution in [3.63, 3.8) is 0 Å². The quantitative estimate of drug-likeness (QED) is 0.0353. The van der Waals surface area contributed by atoms with Gasteiger partial charge in [-0.3, -0.25) is 19.8 Å². The lowest BCUT2D eigenvalue weighted by atomic mass is 10.0. The molecule has 0 fully saturated rings. The van der Waals surface area contributed by atoms with Crippen LogP contribution in [0.2, 0.25) is 0 Å². The summed E-state index contributed by atoms with van der Waals surface area (Å²) in [4.78, 5) is 50.9. The Morgan fingerprint density at radius 1 is 1.10 bits per heavy atom. The summed E-state index contributed by atoms with van der Waals surface area (Å²) in [7, 11) is 0. The molecule has 3 amide bonds. The number of nitrogens with one attached hydrogen (secondary N) is 4. The van der Waals surface area contributed by atoms with Crippen molar-refractivity contribution >= 4 is 29.7 Å². The summed E-state index contributed by atoms with van der Waals surface area (Å²) in [5.41, 5.74) is 11.9. The predicted octanol–water partition coefficient (Wildman–Crippen LogP) is -2.68. The number of carbonyl (C=O) groups is 4. The highest BCUT2D eigenvalue weighted by Gasteiger charge is 2.31. The summed E-state index contributed by atoms with van der Waals surface area (Å²) >= 11 is 0. The molecule has 16 nitrogen and oxygen atoms in total. The lowest BCUT2D eigenvalue weighted by Gasteiger charge is -2.23. The van der Waals surface area contributed by atoms with Crippen LogP contribution in [-0.4, -0.2) is 104 Å². The third-order valence-electron chi connectivity index (χ3n) is 6.38. The molecule has 226 valence electrons. The number of rotatable bonds is 14. The average molecular weight is 580 g/mol. The first-order valence-corrected chi connectivity index (χ1v) is 12.7. The molecule has 0 saturated carbocycles. The van der Waals surface area contributed by atoms with Crippen LogP contribution in [0.5, 0.6) is 11.5 Å². The number of carboxylic acid groups (broad SMARTS) is 1. The fourth-order valence-corrected chi connectivity index (χ4v) is 3.93. The minimum absolute atomic E-state index is 0.0220. The monoisotopic (exact) mass is 579 g/mol. The molecular formula is C25H37N7O9. The number of benzene rings is 1. The van der Waals surface area contributed by atoms with E-state index in [1.807, 2.05) is 0 Å². The van der Waals surface area contributed by atoms with Gasteiger partial charge in [0.05, 0.1) is 6.10 Å². The number of phenolic OH excluding ortho intramolecular Hbond substituents is 2. The summed E-state index contributed by atoms with van der Waals surface area (Å²) < 4.78 is 0. The number of aliphatic hydroxyl groups excluding tert-OH is 2. The van der Waals surface area contributed by atoms with Gasteiger partial charge in [0, 0.05) is 26.1 Å². The third-order valence-corrected chi connectivity index (χ3v) is 6.38. The van der Waals surface area contributed by atoms with E-state index in [4.69, 9.17) is 16.9 Å². The van der Waals surface area contributed by atoms with Crippen LogP contribution in [0.15, 0.2) is 29.8 Å². The van der Waals surface area contributed by atoms with Crippen molar-refractivity contribution in [1.82, 2.24) is 20.9 Å². The second kappa shape index (κ2) is 14.8. The normalized spacial score (nSPS) is 16.5. The predicted molar refractivity (Wildman–Crippen MR) is 144 cm³/mol. The molecule has 1 heterocycles. The highest BCUT2D eigenvalue weighted by molar-refractivity contribution is 5.90. The minimum Gasteiger partial charge on any atom is -0.504 e. The number of carboxylic acids is 1. The van der Waals surface area contributed by atoms with Crippen molar-refractivity contribution in [3.8, 4) is 11.5 Å². The molecule has 0 saturated heterocycles. The van der Waals surface area contributed by atoms with E-state index in [0.29, 0.717) is 6.54 Å². The number of phenols is 2. The summed E-state index contributed by atoms with van der Waals surface area (Å²) in [6, 6.07) is -0.878. The van der Waals surface area contributed by atoms with E-state index < -0.39 is 65.5 Å². The van der Waals surface area contributed by atoms with Gasteiger partial charge in [-0.25, -0.2) is 4.79 Å². The zero-order valence-electron chi connectivity index (χ0n) is 22.4. The number of amides is 3. The van der Waals surface area contributed by atoms with Crippen LogP contribution < -0.4 is 27.4 Å². The van der Waals surface area contributed by atoms with Crippen molar-refractivity contribution in [2.24, 2.45) is 11.5 Å². The molecule has 0 bridgehead atoms. The first-order chi connectivity index (χ1) is 19.2. The number of aliphatic hydroxyl groups is 2. The third kappa shape index (κ3) is 9.63. The van der Waals surface area contributed by atoms with Gasteiger partial charge in [-0.05, 0) is 37.5 Å². The maximum atomic E-state index is 12.9. The molecule has 1 aliphatic rings. The first-order valence-electron chi connectivity index (χ1n) is 12.7. The highest BCUT2D eigenvalue weighted by Crippen LogP contribution is 2.29. The van der Waals surface area contributed by atoms with Gasteiger partial charge in [-0.15, -0.1) is 0 Å². The van der Waals surface area contributed by atoms with E-state index in [-0.39, 0.29) is 43.9 Å². The van der Waals surface area contributed by atoms with Crippen LogP contribution in [0.1, 0.15) is 37.9 Å². The van der Waals surface area contributed by atoms with E-state index in [2.05, 4.69) is 16.0 Å². The van der Waals surface area contributed by atoms with Gasteiger partial charge in [0.15, 0.2) is 23.5 Å². The smallest absolute Gasteiger partial charge is 0.329 e. The molecule has 41 heavy (non-hydrogen) atoms. The largest absolute Gasteiger partial charge is 0.504 e. The summed E-state index contributed by atoms with van der Waals surface area (Å²) in [6.07, 6.45) is -1.18. The lowest BCUT2D eigenvalue weighted by molar-refractivity contribution is -0.145. The molecule has 1 aliphatic heterocycles. The number of nitrogens with zero attached hydrogens (tertiary/aromatic N) is 1. The van der Waals surface area contributed by atoms with Crippen molar-refractivity contribution in [2.45, 2.75) is 56.5 Å². The van der Waals surface area contributed by atoms with Crippen molar-refractivity contribution in [2.75, 3.05) is 19.6 Å². The van der Waals surface area contributed by atoms with E-state index in [9.17, 15) is 44.7 Å². The Hall–Kier alpha value is -4.41. The highest BCUT2D eigenvalue weighted by atomic mass is 16.4. The molecule has 0 spiro atoms. The fourth-order valence-electron chi connectivity index (χ4n) is 3.93. The van der Waals surface area contributed by atoms with Crippen molar-refractivity contribution in [1.29, 1.82) is 5.41 Å². The van der Waals surface area contributed by atoms with Crippen LogP contribution in [0.25, 0.3) is 0 Å². The minimum atomic E-state index is -1.76. The Morgan fingerprint density at radius 3 is 2.34 bits per heavy atom. The van der Waals surface area contributed by atoms with E-state index >= 15 is 0 Å². The summed E-state index contributed by atoms with van der Waals surface area (Å²) in [6.45, 7) is 1.97. The van der Waals surface area contributed by atoms with Gasteiger partial charge in [-0.1, -0.05) is 17.7 Å². The van der Waals surface area contributed by atoms with E-state index in [1.165, 1.54) is 13.0 Å². The molecule has 16 heteroatoms. The van der Waals surface area contributed by atoms with Crippen LogP contribution in [-0.2, 0) is 19.2 Å². The second-order valence-corrected chi connectivity index (χ2v) is 9.63. The fraction of sp³-hybridized carbons (Fsp3) is 0.480. The van der Waals surface area contributed by atoms with Crippen molar-refractivity contribution in [3.05, 3.63) is 35.4 Å². The number of hydrogen-bond donors (Lipinski definition) is 11.